The van der Waals surface area contributed by atoms with Gasteiger partial charge < -0.3 is 19.8 Å². The van der Waals surface area contributed by atoms with Crippen LogP contribution < -0.4 is 15.4 Å². The van der Waals surface area contributed by atoms with Crippen LogP contribution in [0, 0.1) is 12.3 Å². The van der Waals surface area contributed by atoms with Gasteiger partial charge in [0.05, 0.1) is 24.8 Å². The fourth-order valence-corrected chi connectivity index (χ4v) is 3.43. The number of nitrogens with one attached hydrogen (secondary N) is 2. The van der Waals surface area contributed by atoms with E-state index in [2.05, 4.69) is 17.6 Å². The molecule has 1 unspecified atom stereocenters. The lowest BCUT2D eigenvalue weighted by atomic mass is 10.0. The largest absolute Gasteiger partial charge is 0.493 e. The summed E-state index contributed by atoms with van der Waals surface area (Å²) in [5.41, 5.74) is 1.07. The molecule has 4 rings (SSSR count). The van der Waals surface area contributed by atoms with Crippen molar-refractivity contribution in [3.8, 4) is 5.75 Å². The van der Waals surface area contributed by atoms with Crippen molar-refractivity contribution < 1.29 is 22.7 Å². The van der Waals surface area contributed by atoms with Gasteiger partial charge in [-0.15, -0.1) is 0 Å². The van der Waals surface area contributed by atoms with Gasteiger partial charge in [0.25, 0.3) is 11.8 Å². The number of carbonyl (C=O) groups is 1. The summed E-state index contributed by atoms with van der Waals surface area (Å²) < 4.78 is 39.6. The zero-order valence-electron chi connectivity index (χ0n) is 15.5. The molecule has 0 bridgehead atoms. The van der Waals surface area contributed by atoms with Crippen molar-refractivity contribution in [1.29, 1.82) is 0 Å². The third-order valence-corrected chi connectivity index (χ3v) is 5.54. The molecule has 1 amide bonds. The Labute approximate surface area is 156 Å². The Morgan fingerprint density at radius 3 is 2.89 bits per heavy atom. The van der Waals surface area contributed by atoms with E-state index in [1.807, 2.05) is 0 Å². The maximum Gasteiger partial charge on any atom is 0.280 e. The van der Waals surface area contributed by atoms with Crippen LogP contribution in [0.4, 0.5) is 8.78 Å². The molecule has 1 aromatic heterocycles. The van der Waals surface area contributed by atoms with Crippen molar-refractivity contribution in [2.24, 2.45) is 5.41 Å². The Balaban J connectivity index is 1.57. The van der Waals surface area contributed by atoms with E-state index in [9.17, 15) is 13.6 Å². The van der Waals surface area contributed by atoms with Gasteiger partial charge in [0.1, 0.15) is 17.1 Å². The highest BCUT2D eigenvalue weighted by molar-refractivity contribution is 6.07. The number of hydrogen-bond acceptors (Lipinski definition) is 4. The first-order valence-corrected chi connectivity index (χ1v) is 9.33. The molecule has 1 saturated heterocycles. The van der Waals surface area contributed by atoms with Crippen LogP contribution >= 0.6 is 0 Å². The molecule has 0 spiro atoms. The summed E-state index contributed by atoms with van der Waals surface area (Å²) in [6.45, 7) is 4.48. The minimum absolute atomic E-state index is 0.181. The molecule has 2 fully saturated rings. The summed E-state index contributed by atoms with van der Waals surface area (Å²) in [4.78, 5) is 12.8. The number of fused-ring (bicyclic) bond motifs is 1. The van der Waals surface area contributed by atoms with Gasteiger partial charge in [-0.2, -0.15) is 0 Å². The Kier molecular flexibility index (Phi) is 4.37. The van der Waals surface area contributed by atoms with Gasteiger partial charge >= 0.3 is 0 Å². The fourth-order valence-electron chi connectivity index (χ4n) is 3.43. The molecule has 2 heterocycles. The van der Waals surface area contributed by atoms with Gasteiger partial charge in [0.15, 0.2) is 0 Å². The van der Waals surface area contributed by atoms with E-state index in [1.54, 1.807) is 25.1 Å². The minimum atomic E-state index is -2.98. The summed E-state index contributed by atoms with van der Waals surface area (Å²) in [5.74, 6) is -2.46. The van der Waals surface area contributed by atoms with Crippen molar-refractivity contribution in [3.05, 3.63) is 29.5 Å². The fraction of sp³-hybridized carbons (Fsp3) is 0.550. The number of alkyl halides is 2. The lowest BCUT2D eigenvalue weighted by Crippen LogP contribution is -2.57. The normalized spacial score (nSPS) is 23.2. The van der Waals surface area contributed by atoms with Crippen LogP contribution in [-0.2, 0) is 0 Å². The molecule has 27 heavy (non-hydrogen) atoms. The lowest BCUT2D eigenvalue weighted by Gasteiger charge is -2.32. The molecule has 1 atom stereocenters. The number of furan rings is 1. The smallest absolute Gasteiger partial charge is 0.280 e. The number of piperidine rings is 1. The van der Waals surface area contributed by atoms with Crippen LogP contribution in [0.15, 0.2) is 22.6 Å². The SMILES string of the molecule is Cc1oc2ccc(OCC3(C)CC3)cc2c1C(=O)NC1CCNCC1(F)F. The van der Waals surface area contributed by atoms with Gasteiger partial charge in [-0.05, 0) is 50.9 Å². The maximum atomic E-state index is 14.0. The molecule has 2 N–H and O–H groups in total. The molecule has 1 aromatic carbocycles. The van der Waals surface area contributed by atoms with Crippen LogP contribution in [0.3, 0.4) is 0 Å². The summed E-state index contributed by atoms with van der Waals surface area (Å²) in [6.07, 6.45) is 2.48. The number of hydrogen-bond donors (Lipinski definition) is 2. The maximum absolute atomic E-state index is 14.0. The first kappa shape index (κ1) is 18.2. The first-order chi connectivity index (χ1) is 12.8. The zero-order chi connectivity index (χ0) is 19.2. The quantitative estimate of drug-likeness (QED) is 0.834. The van der Waals surface area contributed by atoms with E-state index in [0.29, 0.717) is 41.2 Å². The molecule has 7 heteroatoms. The highest BCUT2D eigenvalue weighted by atomic mass is 19.3. The molecule has 2 aliphatic rings. The van der Waals surface area contributed by atoms with Crippen LogP contribution in [0.25, 0.3) is 11.0 Å². The summed E-state index contributed by atoms with van der Waals surface area (Å²) in [5, 5.41) is 5.74. The van der Waals surface area contributed by atoms with Gasteiger partial charge in [-0.1, -0.05) is 6.92 Å². The minimum Gasteiger partial charge on any atom is -0.493 e. The Hall–Kier alpha value is -2.15. The zero-order valence-corrected chi connectivity index (χ0v) is 15.5. The third-order valence-electron chi connectivity index (χ3n) is 5.54. The standard InChI is InChI=1S/C20H24F2N2O3/c1-12-17(18(25)24-16-5-8-23-10-20(16,21)22)14-9-13(3-4-15(14)27-12)26-11-19(2)6-7-19/h3-4,9,16,23H,5-8,10-11H2,1-2H3,(H,24,25). The number of carbonyl (C=O) groups excluding carboxylic acids is 1. The number of aryl methyl sites for hydroxylation is 1. The Morgan fingerprint density at radius 1 is 1.41 bits per heavy atom. The van der Waals surface area contributed by atoms with E-state index in [-0.39, 0.29) is 11.8 Å². The van der Waals surface area contributed by atoms with Gasteiger partial charge in [-0.25, -0.2) is 8.78 Å². The number of ether oxygens (including phenoxy) is 1. The summed E-state index contributed by atoms with van der Waals surface area (Å²) >= 11 is 0. The molecular weight excluding hydrogens is 354 g/mol. The molecule has 5 nitrogen and oxygen atoms in total. The average molecular weight is 378 g/mol. The predicted molar refractivity (Wildman–Crippen MR) is 97.5 cm³/mol. The molecule has 1 aliphatic carbocycles. The Bertz CT molecular complexity index is 873. The highest BCUT2D eigenvalue weighted by Crippen LogP contribution is 2.45. The van der Waals surface area contributed by atoms with Crippen LogP contribution in [0.2, 0.25) is 0 Å². The second kappa shape index (κ2) is 6.48. The van der Waals surface area contributed by atoms with Crippen LogP contribution in [-0.4, -0.2) is 37.6 Å². The average Bonchev–Trinajstić information content (AvgIpc) is 3.25. The molecule has 0 radical (unpaired) electrons. The second-order valence-corrected chi connectivity index (χ2v) is 8.04. The van der Waals surface area contributed by atoms with E-state index < -0.39 is 24.4 Å². The molecule has 146 valence electrons. The topological polar surface area (TPSA) is 63.5 Å². The molecule has 2 aromatic rings. The van der Waals surface area contributed by atoms with Crippen LogP contribution in [0.5, 0.6) is 5.75 Å². The molecule has 1 aliphatic heterocycles. The van der Waals surface area contributed by atoms with Crippen molar-refractivity contribution >= 4 is 16.9 Å². The van der Waals surface area contributed by atoms with E-state index in [1.165, 1.54) is 0 Å². The second-order valence-electron chi connectivity index (χ2n) is 8.04. The van der Waals surface area contributed by atoms with Gasteiger partial charge in [0, 0.05) is 10.8 Å². The highest BCUT2D eigenvalue weighted by Gasteiger charge is 2.43. The first-order valence-electron chi connectivity index (χ1n) is 9.33. The van der Waals surface area contributed by atoms with E-state index >= 15 is 0 Å². The third kappa shape index (κ3) is 3.65. The van der Waals surface area contributed by atoms with Crippen molar-refractivity contribution in [2.75, 3.05) is 19.7 Å². The monoisotopic (exact) mass is 378 g/mol. The van der Waals surface area contributed by atoms with Gasteiger partial charge in [0.2, 0.25) is 0 Å². The summed E-state index contributed by atoms with van der Waals surface area (Å²) in [7, 11) is 0. The van der Waals surface area contributed by atoms with Crippen molar-refractivity contribution in [2.45, 2.75) is 45.1 Å². The Morgan fingerprint density at radius 2 is 2.19 bits per heavy atom. The van der Waals surface area contributed by atoms with E-state index in [4.69, 9.17) is 9.15 Å². The number of amides is 1. The summed E-state index contributed by atoms with van der Waals surface area (Å²) in [6, 6.07) is 4.13. The van der Waals surface area contributed by atoms with E-state index in [0.717, 1.165) is 12.8 Å². The number of benzene rings is 1. The molecule has 1 saturated carbocycles. The number of rotatable bonds is 5. The van der Waals surface area contributed by atoms with Crippen molar-refractivity contribution in [3.63, 3.8) is 0 Å². The van der Waals surface area contributed by atoms with Crippen molar-refractivity contribution in [1.82, 2.24) is 10.6 Å². The number of halogens is 2. The van der Waals surface area contributed by atoms with Crippen LogP contribution in [0.1, 0.15) is 42.3 Å². The molecular formula is C20H24F2N2O3. The van der Waals surface area contributed by atoms with Gasteiger partial charge in [-0.3, -0.25) is 4.79 Å². The predicted octanol–water partition coefficient (Wildman–Crippen LogP) is 3.65. The lowest BCUT2D eigenvalue weighted by molar-refractivity contribution is -0.0487.